The number of amides is 1. The number of hydrogen-bond acceptors (Lipinski definition) is 4. The molecule has 0 aliphatic carbocycles. The third-order valence-electron chi connectivity index (χ3n) is 4.09. The van der Waals surface area contributed by atoms with Gasteiger partial charge in [-0.3, -0.25) is 4.79 Å². The monoisotopic (exact) mass is 370 g/mol. The molecular formula is C22H16N3O3-. The van der Waals surface area contributed by atoms with Crippen LogP contribution in [-0.2, 0) is 11.3 Å². The lowest BCUT2D eigenvalue weighted by Gasteiger charge is -2.10. The van der Waals surface area contributed by atoms with Crippen LogP contribution < -0.4 is 10.4 Å². The van der Waals surface area contributed by atoms with Crippen LogP contribution in [0.15, 0.2) is 78.5 Å². The molecule has 3 rings (SSSR count). The number of aromatic nitrogens is 1. The molecule has 0 spiro atoms. The van der Waals surface area contributed by atoms with Gasteiger partial charge in [-0.25, -0.2) is 0 Å². The van der Waals surface area contributed by atoms with Gasteiger partial charge in [-0.2, -0.15) is 5.26 Å². The summed E-state index contributed by atoms with van der Waals surface area (Å²) in [5.41, 5.74) is 2.08. The molecular weight excluding hydrogens is 354 g/mol. The fourth-order valence-corrected chi connectivity index (χ4v) is 2.70. The van der Waals surface area contributed by atoms with Gasteiger partial charge >= 0.3 is 0 Å². The number of nitrogens with one attached hydrogen (secondary N) is 1. The highest BCUT2D eigenvalue weighted by Gasteiger charge is 2.11. The SMILES string of the molecule is N#C/C(=C\c1cccn1-c1cccc(C(=O)[O-])c1)C(=O)NCc1ccccc1. The van der Waals surface area contributed by atoms with Gasteiger partial charge in [0.15, 0.2) is 0 Å². The van der Waals surface area contributed by atoms with Gasteiger partial charge in [0.05, 0.1) is 5.97 Å². The van der Waals surface area contributed by atoms with E-state index in [0.717, 1.165) is 5.56 Å². The maximum Gasteiger partial charge on any atom is 0.262 e. The zero-order valence-corrected chi connectivity index (χ0v) is 14.8. The van der Waals surface area contributed by atoms with Crippen LogP contribution in [0.25, 0.3) is 11.8 Å². The van der Waals surface area contributed by atoms with Crippen molar-refractivity contribution in [3.05, 3.63) is 95.3 Å². The van der Waals surface area contributed by atoms with Gasteiger partial charge in [-0.1, -0.05) is 42.5 Å². The number of nitriles is 1. The Labute approximate surface area is 162 Å². The van der Waals surface area contributed by atoms with Crippen molar-refractivity contribution in [3.63, 3.8) is 0 Å². The number of carboxylic acids is 1. The molecule has 1 amide bonds. The highest BCUT2D eigenvalue weighted by Crippen LogP contribution is 2.17. The first-order valence-electron chi connectivity index (χ1n) is 8.51. The Morgan fingerprint density at radius 2 is 1.86 bits per heavy atom. The highest BCUT2D eigenvalue weighted by molar-refractivity contribution is 6.01. The van der Waals surface area contributed by atoms with Gasteiger partial charge in [0, 0.05) is 24.1 Å². The van der Waals surface area contributed by atoms with E-state index in [1.807, 2.05) is 36.4 Å². The van der Waals surface area contributed by atoms with Gasteiger partial charge in [-0.05, 0) is 41.5 Å². The number of benzene rings is 2. The van der Waals surface area contributed by atoms with E-state index in [1.54, 1.807) is 35.0 Å². The van der Waals surface area contributed by atoms with Gasteiger partial charge in [0.25, 0.3) is 5.91 Å². The van der Waals surface area contributed by atoms with Crippen molar-refractivity contribution in [2.24, 2.45) is 0 Å². The molecule has 2 aromatic carbocycles. The molecule has 6 nitrogen and oxygen atoms in total. The van der Waals surface area contributed by atoms with Crippen LogP contribution in [0.5, 0.6) is 0 Å². The lowest BCUT2D eigenvalue weighted by atomic mass is 10.1. The molecule has 6 heteroatoms. The standard InChI is InChI=1S/C22H17N3O3/c23-14-18(21(26)24-15-16-6-2-1-3-7-16)13-20-10-5-11-25(20)19-9-4-8-17(12-19)22(27)28/h1-13H,15H2,(H,24,26)(H,27,28)/p-1/b18-13+. The quantitative estimate of drug-likeness (QED) is 0.530. The highest BCUT2D eigenvalue weighted by atomic mass is 16.4. The van der Waals surface area contributed by atoms with Crippen LogP contribution in [0, 0.1) is 11.3 Å². The molecule has 0 unspecified atom stereocenters. The second-order valence-corrected chi connectivity index (χ2v) is 5.98. The second-order valence-electron chi connectivity index (χ2n) is 5.98. The molecule has 0 bridgehead atoms. The summed E-state index contributed by atoms with van der Waals surface area (Å²) in [5.74, 6) is -1.76. The van der Waals surface area contributed by atoms with Gasteiger partial charge in [-0.15, -0.1) is 0 Å². The fraction of sp³-hybridized carbons (Fsp3) is 0.0455. The van der Waals surface area contributed by atoms with Crippen molar-refractivity contribution in [1.29, 1.82) is 5.26 Å². The Morgan fingerprint density at radius 1 is 1.07 bits per heavy atom. The normalized spacial score (nSPS) is 10.9. The number of carbonyl (C=O) groups is 2. The van der Waals surface area contributed by atoms with E-state index < -0.39 is 11.9 Å². The van der Waals surface area contributed by atoms with Gasteiger partial charge < -0.3 is 19.8 Å². The Hall–Kier alpha value is -4.11. The molecule has 28 heavy (non-hydrogen) atoms. The molecule has 0 fully saturated rings. The average Bonchev–Trinajstić information content (AvgIpc) is 3.19. The minimum Gasteiger partial charge on any atom is -0.545 e. The van der Waals surface area contributed by atoms with Gasteiger partial charge in [0.2, 0.25) is 0 Å². The first-order chi connectivity index (χ1) is 13.6. The van der Waals surface area contributed by atoms with Crippen molar-refractivity contribution in [2.45, 2.75) is 6.54 Å². The molecule has 3 aromatic rings. The zero-order valence-electron chi connectivity index (χ0n) is 14.8. The zero-order chi connectivity index (χ0) is 19.9. The number of nitrogens with zero attached hydrogens (tertiary/aromatic N) is 2. The summed E-state index contributed by atoms with van der Waals surface area (Å²) in [6.07, 6.45) is 3.18. The summed E-state index contributed by atoms with van der Waals surface area (Å²) in [6.45, 7) is 0.313. The lowest BCUT2D eigenvalue weighted by Crippen LogP contribution is -2.24. The minimum atomic E-state index is -1.27. The molecule has 138 valence electrons. The first kappa shape index (κ1) is 18.7. The summed E-state index contributed by atoms with van der Waals surface area (Å²) < 4.78 is 1.69. The molecule has 1 N–H and O–H groups in total. The van der Waals surface area contributed by atoms with E-state index in [1.165, 1.54) is 18.2 Å². The summed E-state index contributed by atoms with van der Waals surface area (Å²) in [6, 6.07) is 21.0. The largest absolute Gasteiger partial charge is 0.545 e. The summed E-state index contributed by atoms with van der Waals surface area (Å²) in [5, 5.41) is 23.2. The number of carboxylic acid groups (broad SMARTS) is 1. The molecule has 0 radical (unpaired) electrons. The molecule has 0 aliphatic rings. The average molecular weight is 370 g/mol. The maximum absolute atomic E-state index is 12.4. The molecule has 1 aromatic heterocycles. The lowest BCUT2D eigenvalue weighted by molar-refractivity contribution is -0.255. The molecule has 0 saturated carbocycles. The van der Waals surface area contributed by atoms with E-state index in [0.29, 0.717) is 17.9 Å². The van der Waals surface area contributed by atoms with Crippen molar-refractivity contribution in [3.8, 4) is 11.8 Å². The van der Waals surface area contributed by atoms with E-state index in [9.17, 15) is 20.0 Å². The molecule has 0 aliphatic heterocycles. The van der Waals surface area contributed by atoms with Crippen molar-refractivity contribution in [2.75, 3.05) is 0 Å². The Balaban J connectivity index is 1.83. The fourth-order valence-electron chi connectivity index (χ4n) is 2.70. The van der Waals surface area contributed by atoms with Crippen LogP contribution in [0.1, 0.15) is 21.6 Å². The van der Waals surface area contributed by atoms with E-state index >= 15 is 0 Å². The number of rotatable bonds is 6. The molecule has 1 heterocycles. The third-order valence-corrected chi connectivity index (χ3v) is 4.09. The Bertz CT molecular complexity index is 1080. The first-order valence-corrected chi connectivity index (χ1v) is 8.51. The maximum atomic E-state index is 12.4. The smallest absolute Gasteiger partial charge is 0.262 e. The van der Waals surface area contributed by atoms with E-state index in [2.05, 4.69) is 5.32 Å². The minimum absolute atomic E-state index is 0.0437. The van der Waals surface area contributed by atoms with Crippen molar-refractivity contribution >= 4 is 18.0 Å². The predicted molar refractivity (Wildman–Crippen MR) is 102 cm³/mol. The van der Waals surface area contributed by atoms with Crippen LogP contribution in [0.3, 0.4) is 0 Å². The van der Waals surface area contributed by atoms with Crippen molar-refractivity contribution in [1.82, 2.24) is 9.88 Å². The predicted octanol–water partition coefficient (Wildman–Crippen LogP) is 2.06. The van der Waals surface area contributed by atoms with Crippen molar-refractivity contribution < 1.29 is 14.7 Å². The van der Waals surface area contributed by atoms with Gasteiger partial charge in [0.1, 0.15) is 11.6 Å². The van der Waals surface area contributed by atoms with Crippen LogP contribution >= 0.6 is 0 Å². The summed E-state index contributed by atoms with van der Waals surface area (Å²) in [4.78, 5) is 23.4. The van der Waals surface area contributed by atoms with Crippen LogP contribution in [0.2, 0.25) is 0 Å². The van der Waals surface area contributed by atoms with Crippen LogP contribution in [0.4, 0.5) is 0 Å². The molecule has 0 saturated heterocycles. The van der Waals surface area contributed by atoms with Crippen LogP contribution in [-0.4, -0.2) is 16.4 Å². The van der Waals surface area contributed by atoms with E-state index in [-0.39, 0.29) is 11.1 Å². The molecule has 0 atom stereocenters. The number of hydrogen-bond donors (Lipinski definition) is 1. The Kier molecular flexibility index (Phi) is 5.68. The number of carbonyl (C=O) groups excluding carboxylic acids is 2. The second kappa shape index (κ2) is 8.52. The topological polar surface area (TPSA) is 97.9 Å². The van der Waals surface area contributed by atoms with E-state index in [4.69, 9.17) is 0 Å². The summed E-state index contributed by atoms with van der Waals surface area (Å²) in [7, 11) is 0. The third kappa shape index (κ3) is 4.34. The summed E-state index contributed by atoms with van der Waals surface area (Å²) >= 11 is 0. The Morgan fingerprint density at radius 3 is 2.57 bits per heavy atom. The number of aromatic carboxylic acids is 1.